The van der Waals surface area contributed by atoms with Crippen molar-refractivity contribution in [3.63, 3.8) is 0 Å². The Morgan fingerprint density at radius 3 is 2.81 bits per heavy atom. The highest BCUT2D eigenvalue weighted by Crippen LogP contribution is 2.35. The molecule has 1 aliphatic rings. The topological polar surface area (TPSA) is 56.5 Å². The number of nitrogens with one attached hydrogen (secondary N) is 1. The summed E-state index contributed by atoms with van der Waals surface area (Å²) in [6, 6.07) is 5.87. The van der Waals surface area contributed by atoms with E-state index in [9.17, 15) is 0 Å². The van der Waals surface area contributed by atoms with Crippen molar-refractivity contribution in [2.24, 2.45) is 5.73 Å². The first-order chi connectivity index (χ1) is 7.61. The quantitative estimate of drug-likeness (QED) is 0.817. The van der Waals surface area contributed by atoms with Crippen molar-refractivity contribution in [1.29, 1.82) is 0 Å². The lowest BCUT2D eigenvalue weighted by Gasteiger charge is -2.27. The van der Waals surface area contributed by atoms with Gasteiger partial charge in [0.2, 0.25) is 6.79 Å². The van der Waals surface area contributed by atoms with Gasteiger partial charge in [0.05, 0.1) is 0 Å². The minimum absolute atomic E-state index is 0.0115. The van der Waals surface area contributed by atoms with E-state index in [2.05, 4.69) is 19.2 Å². The fraction of sp³-hybridized carbons (Fsp3) is 0.500. The number of anilines is 1. The molecule has 0 unspecified atom stereocenters. The standard InChI is InChI=1S/C12H18N2O2/c1-12(2,5-6-13)14-9-3-4-10-11(7-9)16-8-15-10/h3-4,7,14H,5-6,8,13H2,1-2H3. The van der Waals surface area contributed by atoms with Crippen LogP contribution < -0.4 is 20.5 Å². The van der Waals surface area contributed by atoms with Crippen LogP contribution in [0.3, 0.4) is 0 Å². The Balaban J connectivity index is 2.10. The monoisotopic (exact) mass is 222 g/mol. The second kappa shape index (κ2) is 4.22. The molecule has 4 heteroatoms. The van der Waals surface area contributed by atoms with Crippen molar-refractivity contribution in [3.8, 4) is 11.5 Å². The lowest BCUT2D eigenvalue weighted by Crippen LogP contribution is -2.33. The summed E-state index contributed by atoms with van der Waals surface area (Å²) in [6.07, 6.45) is 0.918. The van der Waals surface area contributed by atoms with Gasteiger partial charge >= 0.3 is 0 Å². The summed E-state index contributed by atoms with van der Waals surface area (Å²) >= 11 is 0. The number of hydrogen-bond acceptors (Lipinski definition) is 4. The number of rotatable bonds is 4. The normalized spacial score (nSPS) is 13.9. The summed E-state index contributed by atoms with van der Waals surface area (Å²) in [6.45, 7) is 5.24. The van der Waals surface area contributed by atoms with Crippen LogP contribution in [0.15, 0.2) is 18.2 Å². The number of nitrogens with two attached hydrogens (primary N) is 1. The lowest BCUT2D eigenvalue weighted by molar-refractivity contribution is 0.174. The van der Waals surface area contributed by atoms with Gasteiger partial charge in [0.15, 0.2) is 11.5 Å². The first kappa shape index (κ1) is 11.1. The molecular weight excluding hydrogens is 204 g/mol. The van der Waals surface area contributed by atoms with Crippen molar-refractivity contribution < 1.29 is 9.47 Å². The molecule has 0 saturated carbocycles. The predicted octanol–water partition coefficient (Wildman–Crippen LogP) is 1.95. The molecule has 0 fully saturated rings. The molecule has 0 saturated heterocycles. The Hall–Kier alpha value is -1.42. The minimum Gasteiger partial charge on any atom is -0.454 e. The number of benzene rings is 1. The van der Waals surface area contributed by atoms with Crippen LogP contribution in [0, 0.1) is 0 Å². The zero-order valence-corrected chi connectivity index (χ0v) is 9.75. The van der Waals surface area contributed by atoms with E-state index in [0.29, 0.717) is 13.3 Å². The van der Waals surface area contributed by atoms with Crippen LogP contribution in [0.1, 0.15) is 20.3 Å². The van der Waals surface area contributed by atoms with E-state index in [-0.39, 0.29) is 5.54 Å². The summed E-state index contributed by atoms with van der Waals surface area (Å²) in [4.78, 5) is 0. The molecule has 0 atom stereocenters. The van der Waals surface area contributed by atoms with Gasteiger partial charge in [0.1, 0.15) is 0 Å². The fourth-order valence-corrected chi connectivity index (χ4v) is 1.79. The van der Waals surface area contributed by atoms with E-state index < -0.39 is 0 Å². The average Bonchev–Trinajstić information content (AvgIpc) is 2.63. The lowest BCUT2D eigenvalue weighted by atomic mass is 10.0. The summed E-state index contributed by atoms with van der Waals surface area (Å²) in [5, 5.41) is 3.43. The zero-order chi connectivity index (χ0) is 11.6. The van der Waals surface area contributed by atoms with E-state index >= 15 is 0 Å². The molecule has 16 heavy (non-hydrogen) atoms. The van der Waals surface area contributed by atoms with Crippen LogP contribution in [0.25, 0.3) is 0 Å². The van der Waals surface area contributed by atoms with Gasteiger partial charge in [-0.2, -0.15) is 0 Å². The molecule has 3 N–H and O–H groups in total. The molecule has 0 spiro atoms. The van der Waals surface area contributed by atoms with E-state index in [1.807, 2.05) is 18.2 Å². The minimum atomic E-state index is -0.0115. The maximum Gasteiger partial charge on any atom is 0.231 e. The molecule has 4 nitrogen and oxygen atoms in total. The van der Waals surface area contributed by atoms with Crippen molar-refractivity contribution in [1.82, 2.24) is 0 Å². The Morgan fingerprint density at radius 2 is 2.06 bits per heavy atom. The average molecular weight is 222 g/mol. The van der Waals surface area contributed by atoms with Crippen LogP contribution in [0.4, 0.5) is 5.69 Å². The molecule has 1 aromatic carbocycles. The maximum atomic E-state index is 5.57. The number of ether oxygens (including phenoxy) is 2. The molecule has 1 aromatic rings. The Morgan fingerprint density at radius 1 is 1.31 bits per heavy atom. The molecule has 0 radical (unpaired) electrons. The summed E-state index contributed by atoms with van der Waals surface area (Å²) < 4.78 is 10.6. The maximum absolute atomic E-state index is 5.57. The van der Waals surface area contributed by atoms with Gasteiger partial charge < -0.3 is 20.5 Å². The molecule has 2 rings (SSSR count). The van der Waals surface area contributed by atoms with E-state index in [4.69, 9.17) is 15.2 Å². The Labute approximate surface area is 95.7 Å². The highest BCUT2D eigenvalue weighted by molar-refractivity contribution is 5.56. The molecule has 1 aliphatic heterocycles. The van der Waals surface area contributed by atoms with Gasteiger partial charge in [-0.25, -0.2) is 0 Å². The van der Waals surface area contributed by atoms with E-state index in [1.165, 1.54) is 0 Å². The third kappa shape index (κ3) is 2.39. The largest absolute Gasteiger partial charge is 0.454 e. The molecule has 1 heterocycles. The Bertz CT molecular complexity index is 377. The van der Waals surface area contributed by atoms with Crippen LogP contribution in [0.2, 0.25) is 0 Å². The van der Waals surface area contributed by atoms with E-state index in [1.54, 1.807) is 0 Å². The van der Waals surface area contributed by atoms with Crippen LogP contribution in [-0.4, -0.2) is 18.9 Å². The predicted molar refractivity (Wildman–Crippen MR) is 63.9 cm³/mol. The molecular formula is C12H18N2O2. The van der Waals surface area contributed by atoms with Crippen molar-refractivity contribution in [3.05, 3.63) is 18.2 Å². The van der Waals surface area contributed by atoms with Gasteiger partial charge in [-0.15, -0.1) is 0 Å². The second-order valence-electron chi connectivity index (χ2n) is 4.62. The molecule has 0 amide bonds. The SMILES string of the molecule is CC(C)(CCN)Nc1ccc2c(c1)OCO2. The van der Waals surface area contributed by atoms with Gasteiger partial charge in [0.25, 0.3) is 0 Å². The van der Waals surface area contributed by atoms with Gasteiger partial charge in [-0.05, 0) is 38.9 Å². The van der Waals surface area contributed by atoms with Gasteiger partial charge in [-0.1, -0.05) is 0 Å². The summed E-state index contributed by atoms with van der Waals surface area (Å²) in [7, 11) is 0. The summed E-state index contributed by atoms with van der Waals surface area (Å²) in [5.41, 5.74) is 6.59. The van der Waals surface area contributed by atoms with Crippen molar-refractivity contribution in [2.75, 3.05) is 18.7 Å². The van der Waals surface area contributed by atoms with Crippen molar-refractivity contribution in [2.45, 2.75) is 25.8 Å². The van der Waals surface area contributed by atoms with Gasteiger partial charge in [0, 0.05) is 17.3 Å². The molecule has 0 aliphatic carbocycles. The molecule has 88 valence electrons. The zero-order valence-electron chi connectivity index (χ0n) is 9.75. The Kier molecular flexibility index (Phi) is 2.92. The summed E-state index contributed by atoms with van der Waals surface area (Å²) in [5.74, 6) is 1.61. The first-order valence-electron chi connectivity index (χ1n) is 5.49. The van der Waals surface area contributed by atoms with Crippen LogP contribution in [0.5, 0.6) is 11.5 Å². The number of fused-ring (bicyclic) bond motifs is 1. The smallest absolute Gasteiger partial charge is 0.231 e. The van der Waals surface area contributed by atoms with Gasteiger partial charge in [-0.3, -0.25) is 0 Å². The highest BCUT2D eigenvalue weighted by Gasteiger charge is 2.18. The van der Waals surface area contributed by atoms with Crippen LogP contribution in [-0.2, 0) is 0 Å². The fourth-order valence-electron chi connectivity index (χ4n) is 1.79. The highest BCUT2D eigenvalue weighted by atomic mass is 16.7. The number of hydrogen-bond donors (Lipinski definition) is 2. The van der Waals surface area contributed by atoms with Crippen molar-refractivity contribution >= 4 is 5.69 Å². The first-order valence-corrected chi connectivity index (χ1v) is 5.49. The van der Waals surface area contributed by atoms with E-state index in [0.717, 1.165) is 23.6 Å². The second-order valence-corrected chi connectivity index (χ2v) is 4.62. The third-order valence-electron chi connectivity index (χ3n) is 2.62. The molecule has 0 aromatic heterocycles. The van der Waals surface area contributed by atoms with Crippen LogP contribution >= 0.6 is 0 Å². The third-order valence-corrected chi connectivity index (χ3v) is 2.62. The molecule has 0 bridgehead atoms.